The van der Waals surface area contributed by atoms with Crippen LogP contribution >= 0.6 is 0 Å². The summed E-state index contributed by atoms with van der Waals surface area (Å²) >= 11 is 0. The molecule has 1 saturated carbocycles. The minimum absolute atomic E-state index is 0.208. The number of likely N-dealkylation sites (tertiary alicyclic amines) is 1. The lowest BCUT2D eigenvalue weighted by Gasteiger charge is -2.38. The molecule has 0 N–H and O–H groups in total. The lowest BCUT2D eigenvalue weighted by atomic mass is 9.87. The first kappa shape index (κ1) is 17.9. The number of carbonyl (C=O) groups excluding carboxylic acids is 2. The van der Waals surface area contributed by atoms with E-state index in [1.165, 1.54) is 6.42 Å². The van der Waals surface area contributed by atoms with Crippen molar-refractivity contribution in [2.24, 2.45) is 0 Å². The van der Waals surface area contributed by atoms with Crippen molar-refractivity contribution in [2.45, 2.75) is 56.6 Å². The fourth-order valence-corrected chi connectivity index (χ4v) is 4.41. The van der Waals surface area contributed by atoms with Crippen molar-refractivity contribution in [1.82, 2.24) is 9.80 Å². The third-order valence-corrected chi connectivity index (χ3v) is 6.01. The Balaban J connectivity index is 1.38. The average molecular weight is 370 g/mol. The molecule has 0 unspecified atom stereocenters. The Morgan fingerprint density at radius 2 is 1.78 bits per heavy atom. The SMILES string of the molecule is C=C1N(C2CCCCC2)C(=O)OC12CCN(C(=O)Oc1ccccc1)CC2. The van der Waals surface area contributed by atoms with Gasteiger partial charge in [-0.05, 0) is 25.0 Å². The molecule has 2 aliphatic heterocycles. The molecule has 1 aromatic rings. The van der Waals surface area contributed by atoms with Gasteiger partial charge in [0.05, 0.1) is 5.70 Å². The zero-order valence-corrected chi connectivity index (χ0v) is 15.6. The Morgan fingerprint density at radius 1 is 1.11 bits per heavy atom. The van der Waals surface area contributed by atoms with Gasteiger partial charge in [-0.3, -0.25) is 4.90 Å². The molecule has 6 heteroatoms. The van der Waals surface area contributed by atoms with Gasteiger partial charge in [-0.1, -0.05) is 44.0 Å². The topological polar surface area (TPSA) is 59.1 Å². The Hall–Kier alpha value is -2.50. The van der Waals surface area contributed by atoms with Gasteiger partial charge in [0.2, 0.25) is 0 Å². The van der Waals surface area contributed by atoms with Crippen LogP contribution in [0.1, 0.15) is 44.9 Å². The van der Waals surface area contributed by atoms with E-state index >= 15 is 0 Å². The highest BCUT2D eigenvalue weighted by molar-refractivity contribution is 5.76. The maximum atomic E-state index is 12.6. The van der Waals surface area contributed by atoms with Crippen molar-refractivity contribution in [3.63, 3.8) is 0 Å². The summed E-state index contributed by atoms with van der Waals surface area (Å²) in [6.45, 7) is 5.19. The summed E-state index contributed by atoms with van der Waals surface area (Å²) < 4.78 is 11.2. The first-order valence-electron chi connectivity index (χ1n) is 9.82. The molecule has 3 fully saturated rings. The molecule has 3 aliphatic rings. The van der Waals surface area contributed by atoms with Crippen LogP contribution in [0.5, 0.6) is 5.75 Å². The monoisotopic (exact) mass is 370 g/mol. The molecule has 2 saturated heterocycles. The number of hydrogen-bond acceptors (Lipinski definition) is 4. The highest BCUT2D eigenvalue weighted by Gasteiger charge is 2.52. The Morgan fingerprint density at radius 3 is 2.44 bits per heavy atom. The van der Waals surface area contributed by atoms with Gasteiger partial charge in [0, 0.05) is 32.0 Å². The van der Waals surface area contributed by atoms with E-state index in [1.807, 2.05) is 18.2 Å². The zero-order valence-electron chi connectivity index (χ0n) is 15.6. The summed E-state index contributed by atoms with van der Waals surface area (Å²) in [5.41, 5.74) is 0.105. The Labute approximate surface area is 159 Å². The van der Waals surface area contributed by atoms with Crippen LogP contribution in [0, 0.1) is 0 Å². The van der Waals surface area contributed by atoms with Crippen LogP contribution in [-0.2, 0) is 4.74 Å². The van der Waals surface area contributed by atoms with Gasteiger partial charge in [-0.25, -0.2) is 9.59 Å². The summed E-state index contributed by atoms with van der Waals surface area (Å²) in [6.07, 6.45) is 6.04. The van der Waals surface area contributed by atoms with Crippen molar-refractivity contribution in [2.75, 3.05) is 13.1 Å². The molecular weight excluding hydrogens is 344 g/mol. The largest absolute Gasteiger partial charge is 0.436 e. The number of benzene rings is 1. The fraction of sp³-hybridized carbons (Fsp3) is 0.524. The average Bonchev–Trinajstić information content (AvgIpc) is 2.93. The second kappa shape index (κ2) is 7.25. The predicted molar refractivity (Wildman–Crippen MR) is 100 cm³/mol. The van der Waals surface area contributed by atoms with Crippen LogP contribution in [0.15, 0.2) is 42.6 Å². The summed E-state index contributed by atoms with van der Waals surface area (Å²) in [5, 5.41) is 0. The smallest absolute Gasteiger partial charge is 0.415 e. The van der Waals surface area contributed by atoms with E-state index in [2.05, 4.69) is 6.58 Å². The zero-order chi connectivity index (χ0) is 18.9. The number of rotatable bonds is 2. The van der Waals surface area contributed by atoms with Crippen molar-refractivity contribution in [3.05, 3.63) is 42.6 Å². The maximum Gasteiger partial charge on any atom is 0.415 e. The number of ether oxygens (including phenoxy) is 2. The fourth-order valence-electron chi connectivity index (χ4n) is 4.41. The lowest BCUT2D eigenvalue weighted by Crippen LogP contribution is -2.48. The van der Waals surface area contributed by atoms with E-state index in [9.17, 15) is 9.59 Å². The molecule has 2 amide bonds. The molecule has 0 bridgehead atoms. The van der Waals surface area contributed by atoms with Gasteiger partial charge in [0.1, 0.15) is 5.75 Å². The lowest BCUT2D eigenvalue weighted by molar-refractivity contribution is 0.0185. The first-order valence-corrected chi connectivity index (χ1v) is 9.82. The van der Waals surface area contributed by atoms with Crippen molar-refractivity contribution in [1.29, 1.82) is 0 Å². The summed E-state index contributed by atoms with van der Waals surface area (Å²) in [7, 11) is 0. The van der Waals surface area contributed by atoms with E-state index < -0.39 is 5.60 Å². The van der Waals surface area contributed by atoms with Gasteiger partial charge in [-0.15, -0.1) is 0 Å². The summed E-state index contributed by atoms with van der Waals surface area (Å²) in [5.74, 6) is 0.531. The van der Waals surface area contributed by atoms with E-state index in [1.54, 1.807) is 21.9 Å². The van der Waals surface area contributed by atoms with Crippen LogP contribution in [0.4, 0.5) is 9.59 Å². The second-order valence-corrected chi connectivity index (χ2v) is 7.64. The standard InChI is InChI=1S/C21H26N2O4/c1-16-21(27-20(25)23(16)17-8-4-2-5-9-17)12-14-22(15-13-21)19(24)26-18-10-6-3-7-11-18/h3,6-7,10-11,17H,1-2,4-5,8-9,12-15H2. The molecule has 1 aliphatic carbocycles. The van der Waals surface area contributed by atoms with Crippen LogP contribution in [-0.4, -0.2) is 46.7 Å². The van der Waals surface area contributed by atoms with Crippen molar-refractivity contribution >= 4 is 12.2 Å². The molecule has 1 aromatic carbocycles. The number of carbonyl (C=O) groups is 2. The molecule has 0 radical (unpaired) electrons. The normalized spacial score (nSPS) is 22.8. The molecule has 4 rings (SSSR count). The quantitative estimate of drug-likeness (QED) is 0.778. The molecule has 6 nitrogen and oxygen atoms in total. The summed E-state index contributed by atoms with van der Waals surface area (Å²) in [6, 6.07) is 9.25. The third kappa shape index (κ3) is 3.40. The van der Waals surface area contributed by atoms with Crippen LogP contribution in [0.2, 0.25) is 0 Å². The number of hydrogen-bond donors (Lipinski definition) is 0. The highest BCUT2D eigenvalue weighted by atomic mass is 16.6. The van der Waals surface area contributed by atoms with E-state index in [0.717, 1.165) is 31.4 Å². The molecule has 2 heterocycles. The first-order chi connectivity index (χ1) is 13.1. The molecule has 0 atom stereocenters. The number of para-hydroxylation sites is 1. The van der Waals surface area contributed by atoms with Gasteiger partial charge in [-0.2, -0.15) is 0 Å². The molecule has 0 aromatic heterocycles. The molecular formula is C21H26N2O4. The van der Waals surface area contributed by atoms with Crippen LogP contribution < -0.4 is 4.74 Å². The molecule has 144 valence electrons. The maximum absolute atomic E-state index is 12.6. The van der Waals surface area contributed by atoms with Crippen molar-refractivity contribution < 1.29 is 19.1 Å². The third-order valence-electron chi connectivity index (χ3n) is 6.01. The van der Waals surface area contributed by atoms with Crippen LogP contribution in [0.3, 0.4) is 0 Å². The summed E-state index contributed by atoms with van der Waals surface area (Å²) in [4.78, 5) is 28.4. The number of amides is 2. The molecule has 1 spiro atoms. The van der Waals surface area contributed by atoms with Gasteiger partial charge in [0.25, 0.3) is 0 Å². The van der Waals surface area contributed by atoms with Gasteiger partial charge < -0.3 is 14.4 Å². The van der Waals surface area contributed by atoms with Crippen LogP contribution in [0.25, 0.3) is 0 Å². The number of nitrogens with zero attached hydrogens (tertiary/aromatic N) is 2. The predicted octanol–water partition coefficient (Wildman–Crippen LogP) is 4.32. The van der Waals surface area contributed by atoms with Gasteiger partial charge in [0.15, 0.2) is 5.60 Å². The van der Waals surface area contributed by atoms with Crippen molar-refractivity contribution in [3.8, 4) is 5.75 Å². The minimum Gasteiger partial charge on any atom is -0.436 e. The Kier molecular flexibility index (Phi) is 4.81. The van der Waals surface area contributed by atoms with Gasteiger partial charge >= 0.3 is 12.2 Å². The van der Waals surface area contributed by atoms with E-state index in [4.69, 9.17) is 9.47 Å². The Bertz CT molecular complexity index is 719. The minimum atomic E-state index is -0.669. The highest BCUT2D eigenvalue weighted by Crippen LogP contribution is 2.43. The second-order valence-electron chi connectivity index (χ2n) is 7.64. The number of piperidine rings is 1. The van der Waals surface area contributed by atoms with E-state index in [0.29, 0.717) is 31.7 Å². The van der Waals surface area contributed by atoms with E-state index in [-0.39, 0.29) is 18.2 Å². The molecule has 27 heavy (non-hydrogen) atoms.